The van der Waals surface area contributed by atoms with Crippen LogP contribution in [0, 0.1) is 5.41 Å². The molecule has 1 heterocycles. The molecule has 1 heteroatoms. The summed E-state index contributed by atoms with van der Waals surface area (Å²) in [6.45, 7) is 2.54. The van der Waals surface area contributed by atoms with Crippen LogP contribution < -0.4 is 5.31 Å². The lowest BCUT2D eigenvalue weighted by atomic mass is 9.79. The van der Waals surface area contributed by atoms with E-state index in [1.165, 1.54) is 0 Å². The molecule has 1 rings (SSSR count). The summed E-state index contributed by atoms with van der Waals surface area (Å²) in [6.07, 6.45) is 0.714. The van der Waals surface area contributed by atoms with Gasteiger partial charge in [0, 0.05) is 4.11 Å². The van der Waals surface area contributed by atoms with Crippen molar-refractivity contribution >= 4 is 0 Å². The smallest absolute Gasteiger partial charge is 0.122 e. The third-order valence-corrected chi connectivity index (χ3v) is 2.11. The Morgan fingerprint density at radius 2 is 2.67 bits per heavy atom. The van der Waals surface area contributed by atoms with Crippen LogP contribution in [0.1, 0.15) is 37.2 Å². The van der Waals surface area contributed by atoms with Gasteiger partial charge in [-0.3, -0.25) is 0 Å². The summed E-state index contributed by atoms with van der Waals surface area (Å²) >= 11 is 0. The van der Waals surface area contributed by atoms with E-state index in [0.29, 0.717) is 6.54 Å². The summed E-state index contributed by atoms with van der Waals surface area (Å²) in [4.78, 5) is 0. The van der Waals surface area contributed by atoms with E-state index in [-0.39, 0.29) is 5.41 Å². The van der Waals surface area contributed by atoms with Gasteiger partial charge in [0.25, 0.3) is 0 Å². The van der Waals surface area contributed by atoms with Crippen LogP contribution in [0.15, 0.2) is 0 Å². The molecule has 54 valence electrons. The fourth-order valence-corrected chi connectivity index (χ4v) is 0.928. The molecule has 9 heavy (non-hydrogen) atoms. The fourth-order valence-electron chi connectivity index (χ4n) is 0.928. The Morgan fingerprint density at radius 3 is 3.33 bits per heavy atom. The summed E-state index contributed by atoms with van der Waals surface area (Å²) in [5, 5.41) is 0.905. The summed E-state index contributed by atoms with van der Waals surface area (Å²) in [6, 6.07) is 0. The van der Waals surface area contributed by atoms with Crippen molar-refractivity contribution < 1.29 is 5.52 Å². The molecule has 2 atom stereocenters. The molecule has 1 aliphatic heterocycles. The Bertz CT molecular complexity index is 192. The van der Waals surface area contributed by atoms with Crippen LogP contribution in [0.25, 0.3) is 0 Å². The quantitative estimate of drug-likeness (QED) is 0.572. The first-order valence-electron chi connectivity index (χ1n) is 5.56. The number of piperidine rings is 1. The molecule has 0 amide bonds. The van der Waals surface area contributed by atoms with E-state index >= 15 is 0 Å². The molecule has 2 unspecified atom stereocenters. The molecule has 0 aromatic rings. The highest BCUT2D eigenvalue weighted by Gasteiger charge is 2.23. The summed E-state index contributed by atoms with van der Waals surface area (Å²) in [7, 11) is 0. The lowest BCUT2D eigenvalue weighted by Crippen LogP contribution is -2.34. The van der Waals surface area contributed by atoms with Crippen molar-refractivity contribution in [1.29, 1.82) is 0 Å². The maximum atomic E-state index is 7.82. The average molecular weight is 131 g/mol. The topological polar surface area (TPSA) is 12.0 Å². The molecule has 1 aliphatic rings. The molecular formula is C8H17N. The Balaban J connectivity index is 2.88. The van der Waals surface area contributed by atoms with E-state index in [9.17, 15) is 0 Å². The van der Waals surface area contributed by atoms with Crippen LogP contribution in [0.2, 0.25) is 1.41 Å². The number of hydrogen-bond acceptors (Lipinski definition) is 1. The van der Waals surface area contributed by atoms with Gasteiger partial charge < -0.3 is 5.31 Å². The fraction of sp³-hybridized carbons (Fsp3) is 1.00. The van der Waals surface area contributed by atoms with Crippen molar-refractivity contribution in [1.82, 2.24) is 5.31 Å². The average Bonchev–Trinajstić information content (AvgIpc) is 2.10. The molecule has 0 spiro atoms. The van der Waals surface area contributed by atoms with Crippen LogP contribution in [-0.4, -0.2) is 13.0 Å². The molecule has 1 saturated heterocycles. The van der Waals surface area contributed by atoms with Crippen molar-refractivity contribution in [3.8, 4) is 0 Å². The predicted molar refractivity (Wildman–Crippen MR) is 40.5 cm³/mol. The Morgan fingerprint density at radius 1 is 1.89 bits per heavy atom. The zero-order valence-corrected chi connectivity index (χ0v) is 6.15. The maximum absolute atomic E-state index is 7.82. The second-order valence-corrected chi connectivity index (χ2v) is 2.91. The van der Waals surface area contributed by atoms with Crippen molar-refractivity contribution in [2.24, 2.45) is 5.41 Å². The zero-order valence-electron chi connectivity index (χ0n) is 10.1. The van der Waals surface area contributed by atoms with Crippen LogP contribution in [0.3, 0.4) is 0 Å². The molecule has 0 saturated carbocycles. The first-order chi connectivity index (χ1) is 5.84. The zero-order chi connectivity index (χ0) is 10.3. The van der Waals surface area contributed by atoms with E-state index in [0.717, 1.165) is 18.2 Å². The summed E-state index contributed by atoms with van der Waals surface area (Å²) < 4.78 is 30.4. The normalized spacial score (nSPS) is 59.1. The van der Waals surface area contributed by atoms with Crippen LogP contribution >= 0.6 is 0 Å². The van der Waals surface area contributed by atoms with Crippen molar-refractivity contribution in [2.45, 2.75) is 33.1 Å². The van der Waals surface area contributed by atoms with Gasteiger partial charge in [-0.05, 0) is 31.3 Å². The second kappa shape index (κ2) is 2.70. The van der Waals surface area contributed by atoms with Gasteiger partial charge in [-0.2, -0.15) is 0 Å². The highest BCUT2D eigenvalue weighted by Crippen LogP contribution is 2.30. The van der Waals surface area contributed by atoms with Gasteiger partial charge in [0.2, 0.25) is 0 Å². The highest BCUT2D eigenvalue weighted by atomic mass is 14.9. The SMILES string of the molecule is [2H]C1C(C)(CC)CCN([2H])C1([2H])[2H]. The molecule has 1 nitrogen and oxygen atoms in total. The Kier molecular flexibility index (Phi) is 1.01. The van der Waals surface area contributed by atoms with Gasteiger partial charge in [-0.15, -0.1) is 0 Å². The minimum Gasteiger partial charge on any atom is -0.317 e. The lowest BCUT2D eigenvalue weighted by molar-refractivity contribution is 0.221. The van der Waals surface area contributed by atoms with E-state index in [1.54, 1.807) is 0 Å². The van der Waals surface area contributed by atoms with Crippen LogP contribution in [0.5, 0.6) is 0 Å². The van der Waals surface area contributed by atoms with Gasteiger partial charge in [-0.25, -0.2) is 0 Å². The third kappa shape index (κ3) is 1.68. The molecular weight excluding hydrogens is 110 g/mol. The highest BCUT2D eigenvalue weighted by molar-refractivity contribution is 4.78. The van der Waals surface area contributed by atoms with Gasteiger partial charge in [0.1, 0.15) is 1.41 Å². The molecule has 0 radical (unpaired) electrons. The molecule has 1 N–H and O–H groups in total. The predicted octanol–water partition coefficient (Wildman–Crippen LogP) is 1.79. The first-order valence-corrected chi connectivity index (χ1v) is 3.53. The van der Waals surface area contributed by atoms with Crippen LogP contribution in [0.4, 0.5) is 0 Å². The van der Waals surface area contributed by atoms with Gasteiger partial charge in [0.15, 0.2) is 0 Å². The number of nitrogens with one attached hydrogen (secondary N) is 1. The summed E-state index contributed by atoms with van der Waals surface area (Å²) in [5.74, 6) is 0. The molecule has 0 aliphatic carbocycles. The van der Waals surface area contributed by atoms with Gasteiger partial charge in [-0.1, -0.05) is 20.3 Å². The van der Waals surface area contributed by atoms with Crippen molar-refractivity contribution in [2.75, 3.05) is 13.0 Å². The van der Waals surface area contributed by atoms with Crippen molar-refractivity contribution in [3.05, 3.63) is 0 Å². The Labute approximate surface area is 63.5 Å². The second-order valence-electron chi connectivity index (χ2n) is 2.91. The number of hydrogen-bond donors (Lipinski definition) is 1. The number of rotatable bonds is 1. The van der Waals surface area contributed by atoms with Gasteiger partial charge in [0.05, 0.1) is 0 Å². The minimum absolute atomic E-state index is 0.277. The van der Waals surface area contributed by atoms with Crippen LogP contribution in [-0.2, 0) is 0 Å². The molecule has 0 aromatic carbocycles. The molecule has 1 fully saturated rings. The largest absolute Gasteiger partial charge is 0.317 e. The van der Waals surface area contributed by atoms with E-state index in [2.05, 4.69) is 0 Å². The molecule has 0 bridgehead atoms. The Hall–Kier alpha value is -0.0400. The monoisotopic (exact) mass is 131 g/mol. The first kappa shape index (κ1) is 3.38. The van der Waals surface area contributed by atoms with E-state index < -0.39 is 12.9 Å². The third-order valence-electron chi connectivity index (χ3n) is 2.11. The minimum atomic E-state index is -1.80. The lowest BCUT2D eigenvalue weighted by Gasteiger charge is -2.32. The van der Waals surface area contributed by atoms with Gasteiger partial charge >= 0.3 is 0 Å². The maximum Gasteiger partial charge on any atom is 0.122 e. The van der Waals surface area contributed by atoms with Crippen molar-refractivity contribution in [3.63, 3.8) is 0 Å². The molecule has 0 aromatic heterocycles. The standard InChI is InChI=1S/C8H17N/c1-3-8(2)4-6-9-7-5-8/h9H,3-7H2,1-2H3/i4D,6D2/hD. The van der Waals surface area contributed by atoms with E-state index in [1.807, 2.05) is 13.8 Å². The van der Waals surface area contributed by atoms with E-state index in [4.69, 9.17) is 5.52 Å². The summed E-state index contributed by atoms with van der Waals surface area (Å²) in [5.41, 5.74) is -0.277.